The third kappa shape index (κ3) is 2.87. The van der Waals surface area contributed by atoms with Crippen molar-refractivity contribution in [2.24, 2.45) is 0 Å². The van der Waals surface area contributed by atoms with Gasteiger partial charge in [-0.2, -0.15) is 0 Å². The number of carbonyl (C=O) groups is 1. The number of aromatic nitrogens is 1. The van der Waals surface area contributed by atoms with Gasteiger partial charge < -0.3 is 10.6 Å². The largest absolute Gasteiger partial charge is 0.388 e. The van der Waals surface area contributed by atoms with Crippen molar-refractivity contribution in [1.29, 1.82) is 0 Å². The fourth-order valence-electron chi connectivity index (χ4n) is 1.55. The van der Waals surface area contributed by atoms with Crippen LogP contribution in [0, 0.1) is 17.5 Å². The van der Waals surface area contributed by atoms with E-state index in [0.717, 1.165) is 0 Å². The number of carbonyl (C=O) groups excluding carboxylic acids is 1. The second-order valence-electron chi connectivity index (χ2n) is 3.88. The average Bonchev–Trinajstić information content (AvgIpc) is 2.42. The Balaban J connectivity index is 2.28. The first-order chi connectivity index (χ1) is 9.51. The van der Waals surface area contributed by atoms with E-state index in [9.17, 15) is 18.0 Å². The van der Waals surface area contributed by atoms with Crippen molar-refractivity contribution >= 4 is 17.3 Å². The molecule has 0 bridgehead atoms. The molecule has 0 aliphatic heterocycles. The number of nitrogens with zero attached hydrogens (tertiary/aromatic N) is 1. The van der Waals surface area contributed by atoms with E-state index in [4.69, 9.17) is 0 Å². The van der Waals surface area contributed by atoms with Crippen LogP contribution in [0.5, 0.6) is 0 Å². The number of amides is 1. The molecule has 0 aliphatic carbocycles. The van der Waals surface area contributed by atoms with Gasteiger partial charge in [-0.15, -0.1) is 0 Å². The maximum Gasteiger partial charge on any atom is 0.274 e. The second kappa shape index (κ2) is 5.60. The summed E-state index contributed by atoms with van der Waals surface area (Å²) in [6.07, 6.45) is 1.37. The van der Waals surface area contributed by atoms with E-state index in [2.05, 4.69) is 10.3 Å². The molecule has 1 aromatic heterocycles. The molecule has 0 fully saturated rings. The molecule has 20 heavy (non-hydrogen) atoms. The Labute approximate surface area is 112 Å². The van der Waals surface area contributed by atoms with Crippen LogP contribution in [-0.2, 0) is 0 Å². The van der Waals surface area contributed by atoms with Crippen molar-refractivity contribution in [2.75, 3.05) is 17.7 Å². The van der Waals surface area contributed by atoms with Crippen LogP contribution >= 0.6 is 0 Å². The quantitative estimate of drug-likeness (QED) is 0.909. The number of pyridine rings is 1. The Morgan fingerprint density at radius 1 is 1.15 bits per heavy atom. The van der Waals surface area contributed by atoms with Crippen LogP contribution in [0.25, 0.3) is 0 Å². The molecule has 0 saturated heterocycles. The number of nitrogens with one attached hydrogen (secondary N) is 2. The van der Waals surface area contributed by atoms with E-state index >= 15 is 0 Å². The monoisotopic (exact) mass is 281 g/mol. The van der Waals surface area contributed by atoms with Gasteiger partial charge in [0.15, 0.2) is 11.6 Å². The highest BCUT2D eigenvalue weighted by atomic mass is 19.1. The lowest BCUT2D eigenvalue weighted by Crippen LogP contribution is -2.16. The maximum absolute atomic E-state index is 13.4. The minimum atomic E-state index is -1.19. The van der Waals surface area contributed by atoms with Gasteiger partial charge >= 0.3 is 0 Å². The summed E-state index contributed by atoms with van der Waals surface area (Å²) in [5.74, 6) is -4.25. The minimum absolute atomic E-state index is 0.0278. The summed E-state index contributed by atoms with van der Waals surface area (Å²) in [5.41, 5.74) is -0.127. The van der Waals surface area contributed by atoms with E-state index in [1.807, 2.05) is 5.32 Å². The fourth-order valence-corrected chi connectivity index (χ4v) is 1.55. The van der Waals surface area contributed by atoms with Crippen molar-refractivity contribution in [3.05, 3.63) is 53.6 Å². The molecule has 0 unspecified atom stereocenters. The van der Waals surface area contributed by atoms with Crippen molar-refractivity contribution < 1.29 is 18.0 Å². The zero-order chi connectivity index (χ0) is 14.7. The summed E-state index contributed by atoms with van der Waals surface area (Å²) >= 11 is 0. The summed E-state index contributed by atoms with van der Waals surface area (Å²) in [5, 5.41) is 4.83. The fraction of sp³-hybridized carbons (Fsp3) is 0.0769. The Morgan fingerprint density at radius 3 is 2.40 bits per heavy atom. The van der Waals surface area contributed by atoms with Crippen LogP contribution in [0.15, 0.2) is 30.5 Å². The number of anilines is 2. The molecule has 2 aromatic rings. The van der Waals surface area contributed by atoms with E-state index in [-0.39, 0.29) is 5.69 Å². The molecule has 0 spiro atoms. The van der Waals surface area contributed by atoms with Gasteiger partial charge in [-0.1, -0.05) is 0 Å². The minimum Gasteiger partial charge on any atom is -0.388 e. The number of hydrogen-bond donors (Lipinski definition) is 2. The molecular weight excluding hydrogens is 271 g/mol. The van der Waals surface area contributed by atoms with Gasteiger partial charge in [0.05, 0.1) is 0 Å². The molecule has 2 rings (SSSR count). The number of rotatable bonds is 3. The third-order valence-electron chi connectivity index (χ3n) is 2.53. The lowest BCUT2D eigenvalue weighted by atomic mass is 10.2. The molecule has 4 nitrogen and oxygen atoms in total. The predicted molar refractivity (Wildman–Crippen MR) is 68.1 cm³/mol. The summed E-state index contributed by atoms with van der Waals surface area (Å²) in [4.78, 5) is 15.6. The summed E-state index contributed by atoms with van der Waals surface area (Å²) in [6, 6.07) is 4.00. The highest BCUT2D eigenvalue weighted by Gasteiger charge is 2.16. The van der Waals surface area contributed by atoms with Crippen molar-refractivity contribution in [3.63, 3.8) is 0 Å². The lowest BCUT2D eigenvalue weighted by Gasteiger charge is -2.08. The molecule has 0 atom stereocenters. The van der Waals surface area contributed by atoms with Crippen molar-refractivity contribution in [2.45, 2.75) is 0 Å². The van der Waals surface area contributed by atoms with Gasteiger partial charge in [-0.25, -0.2) is 13.2 Å². The van der Waals surface area contributed by atoms with Crippen molar-refractivity contribution in [1.82, 2.24) is 4.98 Å². The van der Waals surface area contributed by atoms with E-state index in [1.54, 1.807) is 13.1 Å². The van der Waals surface area contributed by atoms with E-state index in [1.165, 1.54) is 12.3 Å². The molecule has 1 aromatic carbocycles. The van der Waals surface area contributed by atoms with E-state index in [0.29, 0.717) is 17.8 Å². The first-order valence-corrected chi connectivity index (χ1v) is 5.61. The summed E-state index contributed by atoms with van der Waals surface area (Å²) in [6.45, 7) is 0. The normalized spacial score (nSPS) is 10.2. The van der Waals surface area contributed by atoms with Crippen LogP contribution in [0.4, 0.5) is 24.5 Å². The molecule has 104 valence electrons. The molecule has 1 amide bonds. The molecular formula is C13H10F3N3O. The van der Waals surface area contributed by atoms with Gasteiger partial charge in [0.2, 0.25) is 0 Å². The number of hydrogen-bond acceptors (Lipinski definition) is 3. The summed E-state index contributed by atoms with van der Waals surface area (Å²) in [7, 11) is 1.65. The average molecular weight is 281 g/mol. The Kier molecular flexibility index (Phi) is 3.88. The molecule has 7 heteroatoms. The summed E-state index contributed by atoms with van der Waals surface area (Å²) < 4.78 is 39.6. The van der Waals surface area contributed by atoms with Crippen LogP contribution < -0.4 is 10.6 Å². The van der Waals surface area contributed by atoms with Gasteiger partial charge in [0.25, 0.3) is 5.91 Å². The number of benzene rings is 1. The molecule has 0 saturated carbocycles. The number of halogens is 3. The Bertz CT molecular complexity index is 638. The Morgan fingerprint density at radius 2 is 1.80 bits per heavy atom. The molecule has 0 aliphatic rings. The van der Waals surface area contributed by atoms with E-state index < -0.39 is 29.0 Å². The topological polar surface area (TPSA) is 54.0 Å². The van der Waals surface area contributed by atoms with Crippen molar-refractivity contribution in [3.8, 4) is 0 Å². The van der Waals surface area contributed by atoms with Crippen LogP contribution in [-0.4, -0.2) is 17.9 Å². The highest BCUT2D eigenvalue weighted by Crippen LogP contribution is 2.21. The standard InChI is InChI=1S/C13H10F3N3O/c1-17-8-2-3-18-11(6-8)13(20)19-12-9(15)4-7(14)5-10(12)16/h2-6H,1H3,(H,17,18)(H,19,20). The second-order valence-corrected chi connectivity index (χ2v) is 3.88. The maximum atomic E-state index is 13.4. The zero-order valence-electron chi connectivity index (χ0n) is 10.4. The highest BCUT2D eigenvalue weighted by molar-refractivity contribution is 6.03. The molecule has 0 radical (unpaired) electrons. The first-order valence-electron chi connectivity index (χ1n) is 5.61. The smallest absolute Gasteiger partial charge is 0.274 e. The Hall–Kier alpha value is -2.57. The SMILES string of the molecule is CNc1ccnc(C(=O)Nc2c(F)cc(F)cc2F)c1. The molecule has 2 N–H and O–H groups in total. The predicted octanol–water partition coefficient (Wildman–Crippen LogP) is 2.79. The molecule has 1 heterocycles. The first kappa shape index (κ1) is 13.9. The van der Waals surface area contributed by atoms with Gasteiger partial charge in [0, 0.05) is 31.1 Å². The van der Waals surface area contributed by atoms with Gasteiger partial charge in [0.1, 0.15) is 17.2 Å². The van der Waals surface area contributed by atoms with Crippen LogP contribution in [0.3, 0.4) is 0 Å². The van der Waals surface area contributed by atoms with Gasteiger partial charge in [-0.05, 0) is 12.1 Å². The third-order valence-corrected chi connectivity index (χ3v) is 2.53. The van der Waals surface area contributed by atoms with Crippen LogP contribution in [0.1, 0.15) is 10.5 Å². The zero-order valence-corrected chi connectivity index (χ0v) is 10.4. The lowest BCUT2D eigenvalue weighted by molar-refractivity contribution is 0.102. The van der Waals surface area contributed by atoms with Crippen LogP contribution in [0.2, 0.25) is 0 Å². The van der Waals surface area contributed by atoms with Gasteiger partial charge in [-0.3, -0.25) is 9.78 Å².